The fourth-order valence-electron chi connectivity index (χ4n) is 3.22. The maximum Gasteiger partial charge on any atom is 0.132 e. The fraction of sp³-hybridized carbons (Fsp3) is 0.318. The van der Waals surface area contributed by atoms with Crippen LogP contribution in [0, 0.1) is 11.8 Å². The van der Waals surface area contributed by atoms with E-state index in [0.717, 1.165) is 39.0 Å². The highest BCUT2D eigenvalue weighted by molar-refractivity contribution is 7.18. The van der Waals surface area contributed by atoms with Crippen molar-refractivity contribution in [1.29, 1.82) is 0 Å². The highest BCUT2D eigenvalue weighted by atomic mass is 32.1. The lowest BCUT2D eigenvalue weighted by Gasteiger charge is -2.28. The molecule has 0 aliphatic carbocycles. The third kappa shape index (κ3) is 4.08. The van der Waals surface area contributed by atoms with Crippen molar-refractivity contribution in [2.45, 2.75) is 39.8 Å². The summed E-state index contributed by atoms with van der Waals surface area (Å²) < 4.78 is 1.09. The molecule has 0 saturated heterocycles. The number of fused-ring (bicyclic) bond motifs is 1. The van der Waals surface area contributed by atoms with E-state index in [9.17, 15) is 0 Å². The summed E-state index contributed by atoms with van der Waals surface area (Å²) in [4.78, 5) is 6.76. The van der Waals surface area contributed by atoms with Gasteiger partial charge in [-0.2, -0.15) is 0 Å². The maximum absolute atomic E-state index is 6.21. The summed E-state index contributed by atoms with van der Waals surface area (Å²) in [5.74, 6) is 7.16. The Morgan fingerprint density at radius 2 is 1.74 bits per heavy atom. The van der Waals surface area contributed by atoms with Crippen molar-refractivity contribution in [2.75, 3.05) is 18.0 Å². The van der Waals surface area contributed by atoms with Crippen molar-refractivity contribution in [3.05, 3.63) is 41.4 Å². The zero-order chi connectivity index (χ0) is 19.6. The normalized spacial score (nSPS) is 11.4. The molecule has 0 aliphatic rings. The second-order valence-electron chi connectivity index (χ2n) is 7.19. The van der Waals surface area contributed by atoms with Gasteiger partial charge in [0.05, 0.1) is 16.8 Å². The molecule has 3 aromatic rings. The third-order valence-corrected chi connectivity index (χ3v) is 5.67. The monoisotopic (exact) mass is 378 g/mol. The van der Waals surface area contributed by atoms with Gasteiger partial charge in [-0.15, -0.1) is 11.3 Å². The number of nitrogens with two attached hydrogens (primary N) is 2. The van der Waals surface area contributed by atoms with Gasteiger partial charge in [-0.25, -0.2) is 4.98 Å². The number of nitrogens with zero attached hydrogens (tertiary/aromatic N) is 2. The Bertz CT molecular complexity index is 983. The standard InChI is InChI=1S/C22H26N4S/c1-14(2)26(15(3)4)11-5-6-17-12-25-22(24)20-19(13-27-21(17)20)16-7-9-18(23)10-8-16/h7-10,12-15H,11,23H2,1-4H3,(H2,24,25). The first kappa shape index (κ1) is 19.2. The van der Waals surface area contributed by atoms with Crippen LogP contribution in [0.2, 0.25) is 0 Å². The number of anilines is 2. The molecule has 2 heterocycles. The molecule has 0 saturated carbocycles. The lowest BCUT2D eigenvalue weighted by Crippen LogP contribution is -2.37. The number of rotatable bonds is 4. The number of nitrogen functional groups attached to an aromatic ring is 2. The topological polar surface area (TPSA) is 68.2 Å². The Balaban J connectivity index is 1.99. The number of aromatic nitrogens is 1. The SMILES string of the molecule is CC(C)N(CC#Cc1cnc(N)c2c(-c3ccc(N)cc3)csc12)C(C)C. The largest absolute Gasteiger partial charge is 0.399 e. The van der Waals surface area contributed by atoms with E-state index < -0.39 is 0 Å². The summed E-state index contributed by atoms with van der Waals surface area (Å²) in [6.07, 6.45) is 1.78. The third-order valence-electron chi connectivity index (χ3n) is 4.66. The van der Waals surface area contributed by atoms with Gasteiger partial charge in [0.1, 0.15) is 5.82 Å². The first-order valence-corrected chi connectivity index (χ1v) is 10.0. The van der Waals surface area contributed by atoms with E-state index in [1.54, 1.807) is 17.5 Å². The van der Waals surface area contributed by atoms with Gasteiger partial charge in [-0.1, -0.05) is 24.0 Å². The van der Waals surface area contributed by atoms with E-state index in [-0.39, 0.29) is 0 Å². The minimum absolute atomic E-state index is 0.461. The number of hydrogen-bond acceptors (Lipinski definition) is 5. The van der Waals surface area contributed by atoms with Gasteiger partial charge in [-0.3, -0.25) is 4.90 Å². The molecular weight excluding hydrogens is 352 g/mol. The van der Waals surface area contributed by atoms with Gasteiger partial charge < -0.3 is 11.5 Å². The zero-order valence-electron chi connectivity index (χ0n) is 16.3. The molecule has 5 heteroatoms. The molecule has 0 bridgehead atoms. The summed E-state index contributed by atoms with van der Waals surface area (Å²) in [6, 6.07) is 8.75. The molecule has 2 aromatic heterocycles. The lowest BCUT2D eigenvalue weighted by molar-refractivity contribution is 0.200. The van der Waals surface area contributed by atoms with Gasteiger partial charge in [0.2, 0.25) is 0 Å². The Kier molecular flexibility index (Phi) is 5.69. The van der Waals surface area contributed by atoms with E-state index >= 15 is 0 Å². The highest BCUT2D eigenvalue weighted by Crippen LogP contribution is 2.38. The van der Waals surface area contributed by atoms with Crippen molar-refractivity contribution >= 4 is 32.9 Å². The molecule has 0 fully saturated rings. The molecular formula is C22H26N4S. The highest BCUT2D eigenvalue weighted by Gasteiger charge is 2.14. The second-order valence-corrected chi connectivity index (χ2v) is 8.07. The lowest BCUT2D eigenvalue weighted by atomic mass is 10.0. The fourth-order valence-corrected chi connectivity index (χ4v) is 4.27. The van der Waals surface area contributed by atoms with Crippen molar-refractivity contribution in [3.8, 4) is 23.0 Å². The van der Waals surface area contributed by atoms with E-state index in [1.165, 1.54) is 0 Å². The average molecular weight is 379 g/mol. The number of benzene rings is 1. The molecule has 1 aromatic carbocycles. The van der Waals surface area contributed by atoms with Gasteiger partial charge >= 0.3 is 0 Å². The second kappa shape index (κ2) is 7.99. The smallest absolute Gasteiger partial charge is 0.132 e. The van der Waals surface area contributed by atoms with Crippen molar-refractivity contribution in [1.82, 2.24) is 9.88 Å². The molecule has 0 aliphatic heterocycles. The Labute approximate surface area is 165 Å². The number of hydrogen-bond donors (Lipinski definition) is 2. The first-order chi connectivity index (χ1) is 12.9. The molecule has 0 spiro atoms. The van der Waals surface area contributed by atoms with Crippen LogP contribution in [-0.2, 0) is 0 Å². The van der Waals surface area contributed by atoms with Crippen LogP contribution in [-0.4, -0.2) is 28.5 Å². The average Bonchev–Trinajstić information content (AvgIpc) is 3.06. The Hall–Kier alpha value is -2.55. The molecule has 3 rings (SSSR count). The predicted octanol–water partition coefficient (Wildman–Crippen LogP) is 4.60. The summed E-state index contributed by atoms with van der Waals surface area (Å²) in [5, 5.41) is 3.09. The summed E-state index contributed by atoms with van der Waals surface area (Å²) in [5.41, 5.74) is 15.9. The molecule has 27 heavy (non-hydrogen) atoms. The Morgan fingerprint density at radius 1 is 1.07 bits per heavy atom. The molecule has 0 radical (unpaired) electrons. The van der Waals surface area contributed by atoms with Crippen LogP contribution in [0.1, 0.15) is 33.3 Å². The molecule has 4 N–H and O–H groups in total. The van der Waals surface area contributed by atoms with Crippen LogP contribution >= 0.6 is 11.3 Å². The quantitative estimate of drug-likeness (QED) is 0.514. The molecule has 0 amide bonds. The number of pyridine rings is 1. The van der Waals surface area contributed by atoms with Crippen molar-refractivity contribution in [2.24, 2.45) is 0 Å². The zero-order valence-corrected chi connectivity index (χ0v) is 17.1. The van der Waals surface area contributed by atoms with Crippen LogP contribution in [0.15, 0.2) is 35.8 Å². The van der Waals surface area contributed by atoms with Gasteiger partial charge in [0, 0.05) is 34.9 Å². The molecule has 140 valence electrons. The minimum Gasteiger partial charge on any atom is -0.399 e. The molecule has 0 atom stereocenters. The van der Waals surface area contributed by atoms with Gasteiger partial charge in [0.25, 0.3) is 0 Å². The summed E-state index contributed by atoms with van der Waals surface area (Å²) in [6.45, 7) is 9.52. The first-order valence-electron chi connectivity index (χ1n) is 9.14. The van der Waals surface area contributed by atoms with Gasteiger partial charge in [0.15, 0.2) is 0 Å². The van der Waals surface area contributed by atoms with Crippen molar-refractivity contribution < 1.29 is 0 Å². The van der Waals surface area contributed by atoms with Crippen LogP contribution in [0.5, 0.6) is 0 Å². The maximum atomic E-state index is 6.21. The molecule has 4 nitrogen and oxygen atoms in total. The van der Waals surface area contributed by atoms with Crippen LogP contribution in [0.25, 0.3) is 21.2 Å². The van der Waals surface area contributed by atoms with Crippen molar-refractivity contribution in [3.63, 3.8) is 0 Å². The summed E-state index contributed by atoms with van der Waals surface area (Å²) >= 11 is 1.66. The van der Waals surface area contributed by atoms with E-state index in [1.807, 2.05) is 24.3 Å². The van der Waals surface area contributed by atoms with Crippen LogP contribution in [0.3, 0.4) is 0 Å². The van der Waals surface area contributed by atoms with E-state index in [2.05, 4.69) is 54.8 Å². The Morgan fingerprint density at radius 3 is 2.37 bits per heavy atom. The van der Waals surface area contributed by atoms with Crippen LogP contribution < -0.4 is 11.5 Å². The molecule has 0 unspecified atom stereocenters. The van der Waals surface area contributed by atoms with E-state index in [0.29, 0.717) is 17.9 Å². The van der Waals surface area contributed by atoms with E-state index in [4.69, 9.17) is 11.5 Å². The van der Waals surface area contributed by atoms with Gasteiger partial charge in [-0.05, 0) is 50.8 Å². The summed E-state index contributed by atoms with van der Waals surface area (Å²) in [7, 11) is 0. The van der Waals surface area contributed by atoms with Crippen LogP contribution in [0.4, 0.5) is 11.5 Å². The predicted molar refractivity (Wildman–Crippen MR) is 118 cm³/mol. The number of thiophene rings is 1. The minimum atomic E-state index is 0.461.